The van der Waals surface area contributed by atoms with Gasteiger partial charge in [-0.05, 0) is 0 Å². The first-order chi connectivity index (χ1) is 20.2. The van der Waals surface area contributed by atoms with E-state index >= 15 is 0 Å². The Balaban J connectivity index is 0.00000184. The Morgan fingerprint density at radius 3 is 1.35 bits per heavy atom. The molecule has 0 heterocycles. The molecule has 0 nitrogen and oxygen atoms in total. The van der Waals surface area contributed by atoms with Crippen molar-refractivity contribution in [3.63, 3.8) is 0 Å². The largest absolute Gasteiger partial charge is 1.00 e. The number of benzene rings is 4. The fraction of sp³-hybridized carbons (Fsp3) is 0.275. The van der Waals surface area contributed by atoms with Gasteiger partial charge in [-0.15, -0.1) is 0 Å². The van der Waals surface area contributed by atoms with E-state index in [1.165, 1.54) is 54.4 Å². The molecule has 1 saturated carbocycles. The van der Waals surface area contributed by atoms with E-state index in [0.717, 1.165) is 0 Å². The van der Waals surface area contributed by atoms with Crippen LogP contribution in [-0.4, -0.2) is 3.21 Å². The zero-order valence-corrected chi connectivity index (χ0v) is 29.1. The Morgan fingerprint density at radius 1 is 0.512 bits per heavy atom. The molecule has 4 unspecified atom stereocenters. The Morgan fingerprint density at radius 2 is 0.907 bits per heavy atom. The Kier molecular flexibility index (Phi) is 10.6. The molecule has 0 radical (unpaired) electrons. The summed E-state index contributed by atoms with van der Waals surface area (Å²) in [5, 5.41) is 0. The van der Waals surface area contributed by atoms with Crippen LogP contribution < -0.4 is 24.8 Å². The average Bonchev–Trinajstić information content (AvgIpc) is 3.62. The summed E-state index contributed by atoms with van der Waals surface area (Å²) in [6.07, 6.45) is 12.4. The zero-order chi connectivity index (χ0) is 27.8. The van der Waals surface area contributed by atoms with Crippen molar-refractivity contribution in [2.24, 2.45) is 0 Å². The zero-order valence-electron chi connectivity index (χ0n) is 25.1. The van der Waals surface area contributed by atoms with Crippen LogP contribution in [-0.2, 0) is 21.3 Å². The second kappa shape index (κ2) is 14.2. The molecule has 4 aromatic carbocycles. The number of hydrogen-bond donors (Lipinski definition) is 0. The minimum atomic E-state index is -2.29. The van der Waals surface area contributed by atoms with Gasteiger partial charge >= 0.3 is 255 Å². The molecule has 4 aromatic rings. The van der Waals surface area contributed by atoms with Crippen molar-refractivity contribution in [2.75, 3.05) is 0 Å². The molecular formula is C40H40Cl2Zr. The topological polar surface area (TPSA) is 0 Å². The van der Waals surface area contributed by atoms with Crippen LogP contribution in [0.3, 0.4) is 0 Å². The number of fused-ring (bicyclic) bond motifs is 2. The third kappa shape index (κ3) is 6.16. The fourth-order valence-electron chi connectivity index (χ4n) is 7.79. The van der Waals surface area contributed by atoms with Crippen LogP contribution in [0.1, 0.15) is 98.4 Å². The molecule has 0 bridgehead atoms. The third-order valence-corrected chi connectivity index (χ3v) is 18.9. The maximum absolute atomic E-state index is 2.77. The monoisotopic (exact) mass is 680 g/mol. The molecule has 0 spiro atoms. The Hall–Kier alpha value is -2.31. The van der Waals surface area contributed by atoms with E-state index in [1.807, 2.05) is 3.21 Å². The van der Waals surface area contributed by atoms with E-state index in [2.05, 4.69) is 135 Å². The molecule has 0 saturated heterocycles. The standard InChI is InChI=1S/2C17H15.C6H10.2ClH.Zr/c2*1-13(14-7-3-2-4-8-14)16-12-11-15-9-5-6-10-17(15)16;1-2-4-6-5-3-1;;;/h2*2-13H,1H3;1-5H2;2*1H;/q;;;;;+2/p-2. The van der Waals surface area contributed by atoms with Gasteiger partial charge in [0.2, 0.25) is 0 Å². The minimum Gasteiger partial charge on any atom is -1.00 e. The molecule has 0 N–H and O–H groups in total. The fourth-order valence-corrected chi connectivity index (χ4v) is 17.8. The summed E-state index contributed by atoms with van der Waals surface area (Å²) in [6, 6.07) is 41.2. The first-order valence-electron chi connectivity index (χ1n) is 15.6. The van der Waals surface area contributed by atoms with Crippen LogP contribution in [0.4, 0.5) is 0 Å². The summed E-state index contributed by atoms with van der Waals surface area (Å²) in [7, 11) is 0. The predicted octanol–water partition coefficient (Wildman–Crippen LogP) is 4.63. The minimum absolute atomic E-state index is 0. The molecule has 3 heteroatoms. The van der Waals surface area contributed by atoms with Gasteiger partial charge in [0.05, 0.1) is 0 Å². The number of halogens is 2. The normalized spacial score (nSPS) is 19.8. The summed E-state index contributed by atoms with van der Waals surface area (Å²) in [4.78, 5) is 0. The third-order valence-electron chi connectivity index (χ3n) is 9.97. The van der Waals surface area contributed by atoms with Crippen molar-refractivity contribution < 1.29 is 46.1 Å². The van der Waals surface area contributed by atoms with E-state index in [-0.39, 0.29) is 24.8 Å². The van der Waals surface area contributed by atoms with Crippen LogP contribution in [0.5, 0.6) is 0 Å². The van der Waals surface area contributed by atoms with E-state index in [4.69, 9.17) is 0 Å². The first kappa shape index (κ1) is 32.1. The molecule has 0 aromatic heterocycles. The molecule has 218 valence electrons. The number of hydrogen-bond acceptors (Lipinski definition) is 0. The van der Waals surface area contributed by atoms with Crippen molar-refractivity contribution in [2.45, 2.75) is 65.0 Å². The molecule has 0 aliphatic heterocycles. The maximum Gasteiger partial charge on any atom is -1.00 e. The summed E-state index contributed by atoms with van der Waals surface area (Å²) >= 11 is -2.29. The van der Waals surface area contributed by atoms with E-state index < -0.39 is 21.3 Å². The quantitative estimate of drug-likeness (QED) is 0.279. The second-order valence-corrected chi connectivity index (χ2v) is 19.3. The van der Waals surface area contributed by atoms with Crippen molar-refractivity contribution in [1.29, 1.82) is 0 Å². The molecular weight excluding hydrogens is 643 g/mol. The summed E-state index contributed by atoms with van der Waals surface area (Å²) in [5.74, 6) is 0.812. The van der Waals surface area contributed by atoms with E-state index in [0.29, 0.717) is 19.1 Å². The van der Waals surface area contributed by atoms with Crippen molar-refractivity contribution in [3.8, 4) is 0 Å². The molecule has 43 heavy (non-hydrogen) atoms. The van der Waals surface area contributed by atoms with Gasteiger partial charge in [0.1, 0.15) is 0 Å². The van der Waals surface area contributed by atoms with Gasteiger partial charge in [0.15, 0.2) is 0 Å². The van der Waals surface area contributed by atoms with Gasteiger partial charge < -0.3 is 24.8 Å². The van der Waals surface area contributed by atoms with Crippen LogP contribution >= 0.6 is 0 Å². The summed E-state index contributed by atoms with van der Waals surface area (Å²) in [6.45, 7) is 4.84. The molecule has 3 aliphatic rings. The van der Waals surface area contributed by atoms with Gasteiger partial charge in [-0.25, -0.2) is 0 Å². The number of rotatable bonds is 6. The smallest absolute Gasteiger partial charge is 1.00 e. The number of allylic oxidation sites excluding steroid dienone is 4. The van der Waals surface area contributed by atoms with Crippen molar-refractivity contribution in [3.05, 3.63) is 155 Å². The molecule has 3 aliphatic carbocycles. The van der Waals surface area contributed by atoms with E-state index in [1.54, 1.807) is 22.3 Å². The first-order valence-corrected chi connectivity index (χ1v) is 19.7. The van der Waals surface area contributed by atoms with Crippen LogP contribution in [0.15, 0.2) is 121 Å². The molecule has 1 fully saturated rings. The molecule has 0 amide bonds. The average molecular weight is 683 g/mol. The summed E-state index contributed by atoms with van der Waals surface area (Å²) < 4.78 is 3.19. The van der Waals surface area contributed by atoms with Crippen molar-refractivity contribution in [1.82, 2.24) is 0 Å². The molecule has 7 rings (SSSR count). The maximum atomic E-state index is 2.77. The van der Waals surface area contributed by atoms with Gasteiger partial charge in [-0.1, -0.05) is 0 Å². The van der Waals surface area contributed by atoms with Crippen LogP contribution in [0, 0.1) is 0 Å². The predicted molar refractivity (Wildman–Crippen MR) is 172 cm³/mol. The van der Waals surface area contributed by atoms with E-state index in [9.17, 15) is 0 Å². The van der Waals surface area contributed by atoms with Crippen LogP contribution in [0.2, 0.25) is 0 Å². The Labute approximate surface area is 278 Å². The van der Waals surface area contributed by atoms with Gasteiger partial charge in [-0.3, -0.25) is 0 Å². The molecule has 4 atom stereocenters. The van der Waals surface area contributed by atoms with Crippen LogP contribution in [0.25, 0.3) is 11.1 Å². The SMILES string of the molecule is CC(C1=C[CH]([Zr+2](=[C]2CCCCC2)[CH]2C=C(C(C)c3ccccc3)c3ccccc32)c2ccccc21)c1ccccc1.[Cl-].[Cl-]. The Bertz CT molecular complexity index is 1530. The second-order valence-electron chi connectivity index (χ2n) is 12.3. The van der Waals surface area contributed by atoms with Gasteiger partial charge in [0.25, 0.3) is 0 Å². The van der Waals surface area contributed by atoms with Crippen molar-refractivity contribution >= 4 is 14.4 Å². The van der Waals surface area contributed by atoms with Gasteiger partial charge in [0, 0.05) is 0 Å². The van der Waals surface area contributed by atoms with Gasteiger partial charge in [-0.2, -0.15) is 0 Å². The summed E-state index contributed by atoms with van der Waals surface area (Å²) in [5.41, 5.74) is 12.2.